The first kappa shape index (κ1) is 42.8. The molecule has 2 aliphatic carbocycles. The molecule has 0 radical (unpaired) electrons. The molecular formula is C42H66N6O6. The van der Waals surface area contributed by atoms with Crippen molar-refractivity contribution in [2.75, 3.05) is 31.6 Å². The van der Waals surface area contributed by atoms with Crippen molar-refractivity contribution in [2.45, 2.75) is 142 Å². The number of likely N-dealkylation sites (N-methyl/N-ethyl adjacent to an activating group) is 1. The molecule has 0 aromatic heterocycles. The highest BCUT2D eigenvalue weighted by Gasteiger charge is 2.48. The molecule has 4 N–H and O–H groups in total. The molecule has 1 saturated heterocycles. The smallest absolute Gasteiger partial charge is 0.315 e. The summed E-state index contributed by atoms with van der Waals surface area (Å²) < 4.78 is 0. The molecule has 3 fully saturated rings. The van der Waals surface area contributed by atoms with Gasteiger partial charge in [0.2, 0.25) is 28.6 Å². The summed E-state index contributed by atoms with van der Waals surface area (Å²) in [5, 5.41) is 12.0. The lowest BCUT2D eigenvalue weighted by atomic mass is 9.82. The minimum atomic E-state index is -0.842. The van der Waals surface area contributed by atoms with E-state index in [1.165, 1.54) is 0 Å². The molecule has 1 heterocycles. The van der Waals surface area contributed by atoms with Crippen molar-refractivity contribution in [3.63, 3.8) is 0 Å². The fourth-order valence-corrected chi connectivity index (χ4v) is 8.42. The summed E-state index contributed by atoms with van der Waals surface area (Å²) in [5.41, 5.74) is -0.283. The van der Waals surface area contributed by atoms with Crippen LogP contribution in [0.4, 0.5) is 10.5 Å². The molecule has 300 valence electrons. The molecule has 12 nitrogen and oxygen atoms in total. The maximum Gasteiger partial charge on any atom is 0.315 e. The van der Waals surface area contributed by atoms with Crippen LogP contribution in [0.15, 0.2) is 34.4 Å². The van der Waals surface area contributed by atoms with Crippen LogP contribution in [0.1, 0.15) is 118 Å². The monoisotopic (exact) mass is 751 g/mol. The van der Waals surface area contributed by atoms with E-state index in [4.69, 9.17) is 0 Å². The van der Waals surface area contributed by atoms with Gasteiger partial charge in [0.25, 0.3) is 0 Å². The predicted octanol–water partition coefficient (Wildman–Crippen LogP) is 4.45. The zero-order chi connectivity index (χ0) is 40.1. The Morgan fingerprint density at radius 3 is 2.20 bits per heavy atom. The van der Waals surface area contributed by atoms with E-state index in [-0.39, 0.29) is 53.0 Å². The van der Waals surface area contributed by atoms with Crippen LogP contribution in [0.25, 0.3) is 0 Å². The SMILES string of the molecule is C=CCNC(=O)C(=C)C(CCC)NC(=O)[C@@H]1[C@@H](C(C)C)CCN1C(=O)[C@@H](NC(=O)N[C@H](CN(C)c1c(C2(C)CC2)c(=O)c1=O)C(C)(C)C)C1CCCCC1. The highest BCUT2D eigenvalue weighted by Crippen LogP contribution is 2.49. The number of hydrogen-bond donors (Lipinski definition) is 4. The molecule has 12 heteroatoms. The van der Waals surface area contributed by atoms with Crippen LogP contribution >= 0.6 is 0 Å². The summed E-state index contributed by atoms with van der Waals surface area (Å²) in [5.74, 6) is -1.06. The molecule has 5 amide bonds. The molecule has 0 spiro atoms. The fraction of sp³-hybridized carbons (Fsp3) is 0.714. The number of hydrogen-bond acceptors (Lipinski definition) is 7. The van der Waals surface area contributed by atoms with Gasteiger partial charge in [-0.25, -0.2) is 4.79 Å². The number of nitrogens with one attached hydrogen (secondary N) is 4. The van der Waals surface area contributed by atoms with E-state index in [1.807, 2.05) is 34.6 Å². The van der Waals surface area contributed by atoms with Gasteiger partial charge in [0, 0.05) is 37.8 Å². The Hall–Kier alpha value is -3.96. The lowest BCUT2D eigenvalue weighted by molar-refractivity contribution is -0.142. The third kappa shape index (κ3) is 9.63. The number of nitrogens with zero attached hydrogens (tertiary/aromatic N) is 2. The molecule has 5 atom stereocenters. The Labute approximate surface area is 322 Å². The molecule has 1 unspecified atom stereocenters. The number of carbonyl (C=O) groups excluding carboxylic acids is 4. The van der Waals surface area contributed by atoms with Crippen molar-refractivity contribution in [1.29, 1.82) is 0 Å². The van der Waals surface area contributed by atoms with Gasteiger partial charge in [0.1, 0.15) is 12.1 Å². The van der Waals surface area contributed by atoms with Crippen LogP contribution in [-0.4, -0.2) is 79.5 Å². The van der Waals surface area contributed by atoms with Crippen LogP contribution in [0.2, 0.25) is 0 Å². The normalized spacial score (nSPS) is 21.5. The number of anilines is 1. The Kier molecular flexibility index (Phi) is 14.0. The summed E-state index contributed by atoms with van der Waals surface area (Å²) >= 11 is 0. The standard InChI is InChI=1S/C42H66N6O6/c1-11-16-29(26(5)37(51)43-22-12-2)44-38(52)33-28(25(3)4)19-23-48(33)39(53)32(27-17-14-13-15-18-27)46-40(54)45-30(41(6,7)8)24-47(10)34-31(35(49)36(34)50)42(9)20-21-42/h12,25,27-30,32-33H,2,5,11,13-24H2,1,3-4,6-10H3,(H,43,51)(H,44,52)(H2,45,46,54)/t28-,29?,30-,32+,33+/m1/s1. The summed E-state index contributed by atoms with van der Waals surface area (Å²) in [7, 11) is 1.79. The molecular weight excluding hydrogens is 684 g/mol. The lowest BCUT2D eigenvalue weighted by Crippen LogP contribution is -2.61. The van der Waals surface area contributed by atoms with Gasteiger partial charge in [-0.15, -0.1) is 6.58 Å². The second-order valence-electron chi connectivity index (χ2n) is 17.8. The van der Waals surface area contributed by atoms with E-state index >= 15 is 0 Å². The first-order valence-electron chi connectivity index (χ1n) is 20.2. The molecule has 1 aliphatic heterocycles. The van der Waals surface area contributed by atoms with Gasteiger partial charge in [-0.3, -0.25) is 24.0 Å². The second kappa shape index (κ2) is 17.7. The van der Waals surface area contributed by atoms with Gasteiger partial charge in [0.15, 0.2) is 0 Å². The maximum absolute atomic E-state index is 14.8. The highest BCUT2D eigenvalue weighted by atomic mass is 16.2. The molecule has 2 saturated carbocycles. The Bertz CT molecular complexity index is 1630. The third-order valence-corrected chi connectivity index (χ3v) is 12.2. The van der Waals surface area contributed by atoms with Crippen molar-refractivity contribution >= 4 is 29.4 Å². The molecule has 1 aromatic rings. The topological polar surface area (TPSA) is 157 Å². The molecule has 54 heavy (non-hydrogen) atoms. The third-order valence-electron chi connectivity index (χ3n) is 12.2. The predicted molar refractivity (Wildman–Crippen MR) is 214 cm³/mol. The average Bonchev–Trinajstić information content (AvgIpc) is 3.69. The van der Waals surface area contributed by atoms with E-state index in [9.17, 15) is 28.8 Å². The van der Waals surface area contributed by atoms with Crippen LogP contribution < -0.4 is 37.0 Å². The van der Waals surface area contributed by atoms with Crippen LogP contribution in [0.3, 0.4) is 0 Å². The van der Waals surface area contributed by atoms with Gasteiger partial charge >= 0.3 is 6.03 Å². The molecule has 1 aromatic carbocycles. The van der Waals surface area contributed by atoms with Gasteiger partial charge in [-0.05, 0) is 67.1 Å². The zero-order valence-electron chi connectivity index (χ0n) is 34.1. The van der Waals surface area contributed by atoms with Crippen molar-refractivity contribution in [2.24, 2.45) is 23.2 Å². The lowest BCUT2D eigenvalue weighted by Gasteiger charge is -2.38. The molecule has 0 bridgehead atoms. The quantitative estimate of drug-likeness (QED) is 0.104. The Morgan fingerprint density at radius 1 is 1.00 bits per heavy atom. The first-order valence-corrected chi connectivity index (χ1v) is 20.2. The summed E-state index contributed by atoms with van der Waals surface area (Å²) in [6.07, 6.45) is 9.71. The largest absolute Gasteiger partial charge is 0.369 e. The summed E-state index contributed by atoms with van der Waals surface area (Å²) in [4.78, 5) is 84.6. The van der Waals surface area contributed by atoms with Gasteiger partial charge in [-0.2, -0.15) is 0 Å². The van der Waals surface area contributed by atoms with Crippen molar-refractivity contribution in [3.05, 3.63) is 50.8 Å². The van der Waals surface area contributed by atoms with Crippen molar-refractivity contribution < 1.29 is 19.2 Å². The minimum Gasteiger partial charge on any atom is -0.369 e. The van der Waals surface area contributed by atoms with Crippen molar-refractivity contribution in [1.82, 2.24) is 26.2 Å². The number of rotatable bonds is 17. The van der Waals surface area contributed by atoms with Gasteiger partial charge in [-0.1, -0.05) is 86.8 Å². The fourth-order valence-electron chi connectivity index (χ4n) is 8.42. The average molecular weight is 751 g/mol. The van der Waals surface area contributed by atoms with Gasteiger partial charge < -0.3 is 31.1 Å². The summed E-state index contributed by atoms with van der Waals surface area (Å²) in [6.45, 7) is 22.7. The number of likely N-dealkylation sites (tertiary alicyclic amines) is 1. The van der Waals surface area contributed by atoms with Crippen LogP contribution in [0.5, 0.6) is 0 Å². The van der Waals surface area contributed by atoms with Crippen LogP contribution in [0, 0.1) is 23.2 Å². The summed E-state index contributed by atoms with van der Waals surface area (Å²) in [6, 6.07) is -3.14. The molecule has 4 rings (SSSR count). The second-order valence-corrected chi connectivity index (χ2v) is 17.8. The minimum absolute atomic E-state index is 0.0960. The zero-order valence-corrected chi connectivity index (χ0v) is 34.1. The number of amides is 5. The van der Waals surface area contributed by atoms with Crippen LogP contribution in [-0.2, 0) is 19.8 Å². The van der Waals surface area contributed by atoms with E-state index in [0.717, 1.165) is 44.9 Å². The van der Waals surface area contributed by atoms with Gasteiger partial charge in [0.05, 0.1) is 17.8 Å². The first-order chi connectivity index (χ1) is 25.4. The number of carbonyl (C=O) groups is 4. The Balaban J connectivity index is 1.56. The van der Waals surface area contributed by atoms with E-state index < -0.39 is 46.5 Å². The van der Waals surface area contributed by atoms with E-state index in [2.05, 4.69) is 48.3 Å². The highest BCUT2D eigenvalue weighted by molar-refractivity contribution is 5.96. The van der Waals surface area contributed by atoms with Crippen molar-refractivity contribution in [3.8, 4) is 0 Å². The van der Waals surface area contributed by atoms with E-state index in [0.29, 0.717) is 43.6 Å². The molecule has 3 aliphatic rings. The van der Waals surface area contributed by atoms with E-state index in [1.54, 1.807) is 22.9 Å². The Morgan fingerprint density at radius 2 is 1.65 bits per heavy atom. The maximum atomic E-state index is 14.8. The number of urea groups is 1.